The van der Waals surface area contributed by atoms with Gasteiger partial charge in [-0.1, -0.05) is 6.58 Å². The van der Waals surface area contributed by atoms with Crippen molar-refractivity contribution < 1.29 is 9.90 Å². The fourth-order valence-electron chi connectivity index (χ4n) is 2.51. The molecular weight excluding hydrogens is 296 g/mol. The molecule has 2 aliphatic rings. The van der Waals surface area contributed by atoms with Crippen LogP contribution in [0.25, 0.3) is 24.0 Å². The van der Waals surface area contributed by atoms with Crippen molar-refractivity contribution in [3.63, 3.8) is 0 Å². The highest BCUT2D eigenvalue weighted by atomic mass is 16.4. The van der Waals surface area contributed by atoms with Crippen LogP contribution in [0.2, 0.25) is 0 Å². The number of aromatic nitrogens is 4. The number of aliphatic carboxylic acids is 1. The zero-order chi connectivity index (χ0) is 16.6. The maximum atomic E-state index is 12.1. The highest BCUT2D eigenvalue weighted by Crippen LogP contribution is 2.13. The van der Waals surface area contributed by atoms with Crippen LogP contribution in [0.3, 0.4) is 0 Å². The summed E-state index contributed by atoms with van der Waals surface area (Å²) in [5.41, 5.74) is 3.48. The molecule has 0 fully saturated rings. The lowest BCUT2D eigenvalue weighted by Gasteiger charge is -1.96. The molecule has 0 unspecified atom stereocenters. The van der Waals surface area contributed by atoms with E-state index in [2.05, 4.69) is 26.5 Å². The van der Waals surface area contributed by atoms with Gasteiger partial charge >= 0.3 is 5.97 Å². The molecule has 0 saturated carbocycles. The van der Waals surface area contributed by atoms with Crippen LogP contribution < -0.4 is 16.3 Å². The first kappa shape index (κ1) is 14.8. The molecule has 4 N–H and O–H groups in total. The molecule has 0 amide bonds. The number of aromatic amines is 3. The Morgan fingerprint density at radius 1 is 1.43 bits per heavy atom. The van der Waals surface area contributed by atoms with Crippen LogP contribution in [-0.2, 0) is 11.2 Å². The molecule has 1 aromatic rings. The summed E-state index contributed by atoms with van der Waals surface area (Å²) in [5.74, 6) is -0.354. The van der Waals surface area contributed by atoms with Gasteiger partial charge in [-0.15, -0.1) is 0 Å². The molecule has 3 rings (SSSR count). The van der Waals surface area contributed by atoms with Crippen LogP contribution in [0, 0.1) is 6.92 Å². The van der Waals surface area contributed by atoms with Crippen molar-refractivity contribution >= 4 is 18.6 Å². The smallest absolute Gasteiger partial charge is 0.303 e. The summed E-state index contributed by atoms with van der Waals surface area (Å²) in [6, 6.07) is 1.90. The number of nitrogens with zero attached hydrogens (tertiary/aromatic N) is 1. The number of fused-ring (bicyclic) bond motifs is 1. The number of H-pyrrole nitrogens is 3. The zero-order valence-electron chi connectivity index (χ0n) is 12.6. The normalized spacial score (nSPS) is 12.1. The monoisotopic (exact) mass is 312 g/mol. The molecule has 0 saturated heterocycles. The maximum Gasteiger partial charge on any atom is 0.303 e. The Bertz CT molecular complexity index is 1010. The molecule has 0 radical (unpaired) electrons. The van der Waals surface area contributed by atoms with Crippen LogP contribution >= 0.6 is 0 Å². The molecule has 3 heterocycles. The molecule has 7 heteroatoms. The van der Waals surface area contributed by atoms with Gasteiger partial charge in [0.2, 0.25) is 0 Å². The number of carboxylic acids is 1. The Labute approximate surface area is 130 Å². The lowest BCUT2D eigenvalue weighted by molar-refractivity contribution is -0.136. The van der Waals surface area contributed by atoms with Crippen molar-refractivity contribution in [2.24, 2.45) is 0 Å². The first-order chi connectivity index (χ1) is 10.9. The topological polar surface area (TPSA) is 115 Å². The Balaban J connectivity index is 2.06. The van der Waals surface area contributed by atoms with Crippen molar-refractivity contribution in [2.45, 2.75) is 19.8 Å². The van der Waals surface area contributed by atoms with Crippen LogP contribution in [0.15, 0.2) is 17.1 Å². The number of nitrogens with one attached hydrogen (secondary N) is 3. The van der Waals surface area contributed by atoms with Gasteiger partial charge < -0.3 is 20.1 Å². The van der Waals surface area contributed by atoms with E-state index in [0.29, 0.717) is 28.5 Å². The highest BCUT2D eigenvalue weighted by Gasteiger charge is 2.12. The van der Waals surface area contributed by atoms with E-state index in [1.165, 1.54) is 0 Å². The Hall–Kier alpha value is -3.09. The van der Waals surface area contributed by atoms with Crippen molar-refractivity contribution in [1.82, 2.24) is 19.9 Å². The predicted octanol–water partition coefficient (Wildman–Crippen LogP) is 0.0956. The summed E-state index contributed by atoms with van der Waals surface area (Å²) in [4.78, 5) is 35.7. The summed E-state index contributed by atoms with van der Waals surface area (Å²) in [6.45, 7) is 5.60. The third-order valence-electron chi connectivity index (χ3n) is 3.66. The van der Waals surface area contributed by atoms with E-state index in [4.69, 9.17) is 5.11 Å². The number of rotatable bonds is 4. The van der Waals surface area contributed by atoms with Gasteiger partial charge in [0.25, 0.3) is 5.56 Å². The summed E-state index contributed by atoms with van der Waals surface area (Å²) in [6.07, 6.45) is 3.92. The van der Waals surface area contributed by atoms with Gasteiger partial charge in [-0.2, -0.15) is 0 Å². The Kier molecular flexibility index (Phi) is 3.61. The lowest BCUT2D eigenvalue weighted by Crippen LogP contribution is -2.21. The van der Waals surface area contributed by atoms with Crippen molar-refractivity contribution in [3.8, 4) is 11.4 Å². The van der Waals surface area contributed by atoms with E-state index in [9.17, 15) is 9.59 Å². The quantitative estimate of drug-likeness (QED) is 0.547. The average Bonchev–Trinajstić information content (AvgIpc) is 2.98. The van der Waals surface area contributed by atoms with Crippen LogP contribution in [0.5, 0.6) is 0 Å². The minimum Gasteiger partial charge on any atom is -0.481 e. The first-order valence-corrected chi connectivity index (χ1v) is 7.12. The SMILES string of the molecule is C=c1nc2[nH]c(=O)c(=Cc3[nH]c(CCC(=O)O)cc3C)c-2c[nH]1. The van der Waals surface area contributed by atoms with E-state index in [1.54, 1.807) is 12.3 Å². The number of hydrogen-bond acceptors (Lipinski definition) is 3. The van der Waals surface area contributed by atoms with Gasteiger partial charge in [0.05, 0.1) is 11.6 Å². The molecule has 0 atom stereocenters. The summed E-state index contributed by atoms with van der Waals surface area (Å²) in [7, 11) is 0. The first-order valence-electron chi connectivity index (χ1n) is 7.12. The highest BCUT2D eigenvalue weighted by molar-refractivity contribution is 5.67. The standard InChI is InChI=1S/C16H16N4O3/c1-8-5-10(3-4-14(21)22)19-13(8)6-11-12-7-17-9(2)18-15(12)20-16(11)23/h5-7,17,19H,2-4H2,1H3,(H,21,22)(H,18,20,23). The minimum absolute atomic E-state index is 0.0600. The molecule has 118 valence electrons. The molecule has 0 aliphatic carbocycles. The van der Waals surface area contributed by atoms with E-state index in [1.807, 2.05) is 13.0 Å². The molecule has 1 aromatic heterocycles. The molecule has 0 spiro atoms. The van der Waals surface area contributed by atoms with Gasteiger partial charge in [-0.3, -0.25) is 9.59 Å². The minimum atomic E-state index is -0.841. The zero-order valence-corrected chi connectivity index (χ0v) is 12.6. The maximum absolute atomic E-state index is 12.1. The molecule has 0 aromatic carbocycles. The predicted molar refractivity (Wildman–Crippen MR) is 85.7 cm³/mol. The summed E-state index contributed by atoms with van der Waals surface area (Å²) in [5, 5.41) is 9.25. The van der Waals surface area contributed by atoms with Gasteiger partial charge in [0.15, 0.2) is 0 Å². The summed E-state index contributed by atoms with van der Waals surface area (Å²) < 4.78 is 0. The Morgan fingerprint density at radius 3 is 2.96 bits per heavy atom. The Morgan fingerprint density at radius 2 is 2.22 bits per heavy atom. The van der Waals surface area contributed by atoms with Gasteiger partial charge in [-0.05, 0) is 31.1 Å². The van der Waals surface area contributed by atoms with Gasteiger partial charge in [-0.25, -0.2) is 4.98 Å². The number of aryl methyl sites for hydroxylation is 2. The lowest BCUT2D eigenvalue weighted by atomic mass is 10.2. The molecular formula is C16H16N4O3. The average molecular weight is 312 g/mol. The second-order valence-corrected chi connectivity index (χ2v) is 5.41. The van der Waals surface area contributed by atoms with E-state index >= 15 is 0 Å². The molecule has 7 nitrogen and oxygen atoms in total. The number of carbonyl (C=O) groups is 1. The largest absolute Gasteiger partial charge is 0.481 e. The van der Waals surface area contributed by atoms with E-state index < -0.39 is 5.97 Å². The molecule has 2 aliphatic heterocycles. The van der Waals surface area contributed by atoms with Crippen molar-refractivity contribution in [2.75, 3.05) is 0 Å². The fraction of sp³-hybridized carbons (Fsp3) is 0.188. The fourth-order valence-corrected chi connectivity index (χ4v) is 2.51. The number of hydrogen-bond donors (Lipinski definition) is 4. The second-order valence-electron chi connectivity index (χ2n) is 5.41. The second kappa shape index (κ2) is 5.60. The van der Waals surface area contributed by atoms with Crippen LogP contribution in [0.1, 0.15) is 23.4 Å². The number of carboxylic acid groups (broad SMARTS) is 1. The van der Waals surface area contributed by atoms with Crippen molar-refractivity contribution in [3.05, 3.63) is 50.3 Å². The van der Waals surface area contributed by atoms with Gasteiger partial charge in [0.1, 0.15) is 11.3 Å². The molecule has 0 bridgehead atoms. The van der Waals surface area contributed by atoms with E-state index in [0.717, 1.165) is 17.0 Å². The van der Waals surface area contributed by atoms with Crippen LogP contribution in [-0.4, -0.2) is 31.0 Å². The van der Waals surface area contributed by atoms with Gasteiger partial charge in [0, 0.05) is 23.1 Å². The third-order valence-corrected chi connectivity index (χ3v) is 3.66. The van der Waals surface area contributed by atoms with E-state index in [-0.39, 0.29) is 12.0 Å². The van der Waals surface area contributed by atoms with Crippen LogP contribution in [0.4, 0.5) is 0 Å². The van der Waals surface area contributed by atoms with Crippen molar-refractivity contribution in [1.29, 1.82) is 0 Å². The molecule has 23 heavy (non-hydrogen) atoms. The summed E-state index contributed by atoms with van der Waals surface area (Å²) >= 11 is 0. The third kappa shape index (κ3) is 2.94.